The summed E-state index contributed by atoms with van der Waals surface area (Å²) >= 11 is 0. The number of aliphatic hydroxyl groups is 1. The lowest BCUT2D eigenvalue weighted by Gasteiger charge is -2.27. The van der Waals surface area contributed by atoms with Gasteiger partial charge in [-0.3, -0.25) is 4.79 Å². The molecule has 0 spiro atoms. The van der Waals surface area contributed by atoms with E-state index in [1.165, 1.54) is 4.90 Å². The number of aliphatic carboxylic acids is 1. The first-order valence-corrected chi connectivity index (χ1v) is 5.58. The van der Waals surface area contributed by atoms with Crippen LogP contribution in [0.15, 0.2) is 0 Å². The van der Waals surface area contributed by atoms with E-state index in [1.807, 2.05) is 0 Å². The molecule has 6 nitrogen and oxygen atoms in total. The Morgan fingerprint density at radius 1 is 1.41 bits per heavy atom. The van der Waals surface area contributed by atoms with Crippen LogP contribution in [0.2, 0.25) is 0 Å². The van der Waals surface area contributed by atoms with Gasteiger partial charge in [0.15, 0.2) is 0 Å². The van der Waals surface area contributed by atoms with Gasteiger partial charge in [-0.1, -0.05) is 0 Å². The molecule has 2 atom stereocenters. The summed E-state index contributed by atoms with van der Waals surface area (Å²) in [6, 6.07) is -0.489. The summed E-state index contributed by atoms with van der Waals surface area (Å²) in [5, 5.41) is 18.2. The van der Waals surface area contributed by atoms with Crippen molar-refractivity contribution in [1.82, 2.24) is 4.90 Å². The molecule has 0 aromatic carbocycles. The highest BCUT2D eigenvalue weighted by molar-refractivity contribution is 5.72. The summed E-state index contributed by atoms with van der Waals surface area (Å²) in [5.41, 5.74) is -0.627. The first-order valence-electron chi connectivity index (χ1n) is 5.58. The van der Waals surface area contributed by atoms with Crippen molar-refractivity contribution in [2.45, 2.75) is 51.4 Å². The summed E-state index contributed by atoms with van der Waals surface area (Å²) in [6.45, 7) is 5.35. The standard InChI is InChI=1S/C11H19NO5/c1-11(2,3)17-10(16)12-6-8(13)4-7(12)5-9(14)15/h7-8,13H,4-6H2,1-3H3,(H,14,15)/t7?,8-/m1/s1. The van der Waals surface area contributed by atoms with E-state index >= 15 is 0 Å². The molecule has 0 aliphatic carbocycles. The van der Waals surface area contributed by atoms with Gasteiger partial charge in [0.05, 0.1) is 19.1 Å². The van der Waals surface area contributed by atoms with E-state index in [2.05, 4.69) is 0 Å². The zero-order valence-electron chi connectivity index (χ0n) is 10.3. The quantitative estimate of drug-likeness (QED) is 0.752. The molecule has 1 heterocycles. The van der Waals surface area contributed by atoms with Crippen molar-refractivity contribution in [3.05, 3.63) is 0 Å². The van der Waals surface area contributed by atoms with Gasteiger partial charge in [0.2, 0.25) is 0 Å². The molecular formula is C11H19NO5. The second-order valence-electron chi connectivity index (χ2n) is 5.27. The molecule has 1 saturated heterocycles. The van der Waals surface area contributed by atoms with Gasteiger partial charge in [-0.15, -0.1) is 0 Å². The van der Waals surface area contributed by atoms with Crippen LogP contribution in [-0.4, -0.2) is 51.5 Å². The van der Waals surface area contributed by atoms with Gasteiger partial charge >= 0.3 is 12.1 Å². The van der Waals surface area contributed by atoms with Gasteiger partial charge < -0.3 is 19.8 Å². The van der Waals surface area contributed by atoms with Gasteiger partial charge in [-0.25, -0.2) is 4.79 Å². The third kappa shape index (κ3) is 4.22. The topological polar surface area (TPSA) is 87.1 Å². The predicted molar refractivity (Wildman–Crippen MR) is 59.6 cm³/mol. The fourth-order valence-corrected chi connectivity index (χ4v) is 1.83. The third-order valence-electron chi connectivity index (χ3n) is 2.43. The van der Waals surface area contributed by atoms with E-state index in [1.54, 1.807) is 20.8 Å². The molecule has 0 saturated carbocycles. The molecule has 0 radical (unpaired) electrons. The summed E-state index contributed by atoms with van der Waals surface area (Å²) in [7, 11) is 0. The smallest absolute Gasteiger partial charge is 0.410 e. The molecule has 1 unspecified atom stereocenters. The van der Waals surface area contributed by atoms with Gasteiger partial charge in [-0.2, -0.15) is 0 Å². The van der Waals surface area contributed by atoms with E-state index in [-0.39, 0.29) is 19.4 Å². The Hall–Kier alpha value is -1.30. The van der Waals surface area contributed by atoms with Crippen LogP contribution in [0.1, 0.15) is 33.6 Å². The van der Waals surface area contributed by atoms with E-state index in [4.69, 9.17) is 9.84 Å². The minimum atomic E-state index is -0.988. The number of hydrogen-bond donors (Lipinski definition) is 2. The van der Waals surface area contributed by atoms with Gasteiger partial charge in [0.1, 0.15) is 5.60 Å². The van der Waals surface area contributed by atoms with Crippen LogP contribution in [-0.2, 0) is 9.53 Å². The summed E-state index contributed by atoms with van der Waals surface area (Å²) in [5.74, 6) is -0.988. The normalized spacial score (nSPS) is 24.8. The van der Waals surface area contributed by atoms with Crippen molar-refractivity contribution >= 4 is 12.1 Å². The molecule has 1 aliphatic heterocycles. The molecule has 0 aromatic rings. The van der Waals surface area contributed by atoms with Crippen LogP contribution < -0.4 is 0 Å². The summed E-state index contributed by atoms with van der Waals surface area (Å²) in [6.07, 6.45) is -1.13. The number of aliphatic hydroxyl groups excluding tert-OH is 1. The van der Waals surface area contributed by atoms with Crippen molar-refractivity contribution in [2.75, 3.05) is 6.54 Å². The predicted octanol–water partition coefficient (Wildman–Crippen LogP) is 0.831. The Kier molecular flexibility index (Phi) is 3.98. The molecular weight excluding hydrogens is 226 g/mol. The number of β-amino-alcohol motifs (C(OH)–C–C–N with tert-alkyl or cyclic N) is 1. The molecule has 0 aromatic heterocycles. The molecule has 1 amide bonds. The van der Waals surface area contributed by atoms with Gasteiger partial charge in [0.25, 0.3) is 0 Å². The SMILES string of the molecule is CC(C)(C)OC(=O)N1C[C@H](O)CC1CC(=O)O. The molecule has 1 rings (SSSR count). The maximum absolute atomic E-state index is 11.8. The molecule has 1 fully saturated rings. The number of likely N-dealkylation sites (tertiary alicyclic amines) is 1. The lowest BCUT2D eigenvalue weighted by atomic mass is 10.1. The molecule has 98 valence electrons. The Morgan fingerprint density at radius 2 is 2.00 bits per heavy atom. The lowest BCUT2D eigenvalue weighted by Crippen LogP contribution is -2.41. The van der Waals surface area contributed by atoms with E-state index in [0.29, 0.717) is 0 Å². The largest absolute Gasteiger partial charge is 0.481 e. The number of carboxylic acid groups (broad SMARTS) is 1. The zero-order chi connectivity index (χ0) is 13.2. The number of carbonyl (C=O) groups is 2. The molecule has 0 bridgehead atoms. The fourth-order valence-electron chi connectivity index (χ4n) is 1.83. The minimum Gasteiger partial charge on any atom is -0.481 e. The van der Waals surface area contributed by atoms with Crippen LogP contribution in [0, 0.1) is 0 Å². The highest BCUT2D eigenvalue weighted by Crippen LogP contribution is 2.23. The first kappa shape index (κ1) is 13.8. The van der Waals surface area contributed by atoms with E-state index < -0.39 is 29.8 Å². The zero-order valence-corrected chi connectivity index (χ0v) is 10.3. The average Bonchev–Trinajstić information content (AvgIpc) is 2.42. The maximum Gasteiger partial charge on any atom is 0.410 e. The fraction of sp³-hybridized carbons (Fsp3) is 0.818. The van der Waals surface area contributed by atoms with Crippen molar-refractivity contribution in [2.24, 2.45) is 0 Å². The second-order valence-corrected chi connectivity index (χ2v) is 5.27. The van der Waals surface area contributed by atoms with Crippen molar-refractivity contribution in [1.29, 1.82) is 0 Å². The monoisotopic (exact) mass is 245 g/mol. The minimum absolute atomic E-state index is 0.132. The van der Waals surface area contributed by atoms with Crippen LogP contribution in [0.4, 0.5) is 4.79 Å². The van der Waals surface area contributed by atoms with Crippen molar-refractivity contribution in [3.63, 3.8) is 0 Å². The number of rotatable bonds is 2. The highest BCUT2D eigenvalue weighted by Gasteiger charge is 2.37. The molecule has 6 heteroatoms. The number of ether oxygens (including phenoxy) is 1. The van der Waals surface area contributed by atoms with Gasteiger partial charge in [0, 0.05) is 6.04 Å². The maximum atomic E-state index is 11.8. The first-order chi connectivity index (χ1) is 7.69. The number of amides is 1. The Morgan fingerprint density at radius 3 is 2.47 bits per heavy atom. The molecule has 1 aliphatic rings. The number of hydrogen-bond acceptors (Lipinski definition) is 4. The Labute approximate surface area is 100 Å². The van der Waals surface area contributed by atoms with Crippen LogP contribution in [0.25, 0.3) is 0 Å². The van der Waals surface area contributed by atoms with E-state index in [9.17, 15) is 14.7 Å². The molecule has 2 N–H and O–H groups in total. The second kappa shape index (κ2) is 4.91. The summed E-state index contributed by atoms with van der Waals surface area (Å²) < 4.78 is 5.16. The van der Waals surface area contributed by atoms with Crippen LogP contribution in [0.3, 0.4) is 0 Å². The Balaban J connectivity index is 2.66. The summed E-state index contributed by atoms with van der Waals surface area (Å²) in [4.78, 5) is 23.7. The van der Waals surface area contributed by atoms with Crippen molar-refractivity contribution in [3.8, 4) is 0 Å². The number of carboxylic acids is 1. The Bertz CT molecular complexity index is 309. The number of nitrogens with zero attached hydrogens (tertiary/aromatic N) is 1. The van der Waals surface area contributed by atoms with Crippen LogP contribution in [0.5, 0.6) is 0 Å². The lowest BCUT2D eigenvalue weighted by molar-refractivity contribution is -0.138. The van der Waals surface area contributed by atoms with Gasteiger partial charge in [-0.05, 0) is 27.2 Å². The molecule has 17 heavy (non-hydrogen) atoms. The van der Waals surface area contributed by atoms with Crippen LogP contribution >= 0.6 is 0 Å². The highest BCUT2D eigenvalue weighted by atomic mass is 16.6. The average molecular weight is 245 g/mol. The van der Waals surface area contributed by atoms with E-state index in [0.717, 1.165) is 0 Å². The number of carbonyl (C=O) groups excluding carboxylic acids is 1. The third-order valence-corrected chi connectivity index (χ3v) is 2.43. The van der Waals surface area contributed by atoms with Crippen molar-refractivity contribution < 1.29 is 24.5 Å².